The number of aryl methyl sites for hydroxylation is 1. The number of aromatic nitrogens is 3. The molecule has 1 fully saturated rings. The molecule has 0 amide bonds. The van der Waals surface area contributed by atoms with Gasteiger partial charge in [0.15, 0.2) is 0 Å². The van der Waals surface area contributed by atoms with E-state index in [-0.39, 0.29) is 0 Å². The molecule has 90 valence electrons. The molecule has 0 saturated heterocycles. The second-order valence-corrected chi connectivity index (χ2v) is 5.49. The van der Waals surface area contributed by atoms with Crippen LogP contribution in [0.5, 0.6) is 0 Å². The van der Waals surface area contributed by atoms with E-state index in [4.69, 9.17) is 0 Å². The molecule has 0 aromatic carbocycles. The van der Waals surface area contributed by atoms with Gasteiger partial charge in [0.1, 0.15) is 5.01 Å². The maximum atomic E-state index is 4.46. The first-order chi connectivity index (χ1) is 8.35. The van der Waals surface area contributed by atoms with Gasteiger partial charge in [-0.25, -0.2) is 4.98 Å². The van der Waals surface area contributed by atoms with Crippen LogP contribution in [0.2, 0.25) is 0 Å². The van der Waals surface area contributed by atoms with Gasteiger partial charge in [0.2, 0.25) is 0 Å². The monoisotopic (exact) mass is 248 g/mol. The van der Waals surface area contributed by atoms with Gasteiger partial charge < -0.3 is 5.32 Å². The Morgan fingerprint density at radius 1 is 1.47 bits per heavy atom. The third-order valence-corrected chi connectivity index (χ3v) is 3.95. The molecule has 2 aromatic rings. The van der Waals surface area contributed by atoms with Crippen LogP contribution in [0, 0.1) is 0 Å². The van der Waals surface area contributed by atoms with E-state index in [9.17, 15) is 0 Å². The van der Waals surface area contributed by atoms with Gasteiger partial charge in [-0.15, -0.1) is 11.3 Å². The zero-order chi connectivity index (χ0) is 11.7. The number of hydrogen-bond acceptors (Lipinski definition) is 4. The van der Waals surface area contributed by atoms with Crippen LogP contribution in [-0.2, 0) is 13.1 Å². The van der Waals surface area contributed by atoms with Crippen molar-refractivity contribution in [3.8, 4) is 10.6 Å². The molecule has 1 saturated carbocycles. The number of rotatable bonds is 5. The van der Waals surface area contributed by atoms with E-state index in [2.05, 4.69) is 28.5 Å². The first-order valence-corrected chi connectivity index (χ1v) is 6.87. The van der Waals surface area contributed by atoms with Crippen molar-refractivity contribution < 1.29 is 0 Å². The molecule has 0 bridgehead atoms. The fourth-order valence-electron chi connectivity index (χ4n) is 1.70. The van der Waals surface area contributed by atoms with Gasteiger partial charge in [-0.1, -0.05) is 0 Å². The van der Waals surface area contributed by atoms with Crippen molar-refractivity contribution >= 4 is 11.3 Å². The van der Waals surface area contributed by atoms with Crippen molar-refractivity contribution in [1.82, 2.24) is 20.1 Å². The van der Waals surface area contributed by atoms with E-state index in [1.807, 2.05) is 17.1 Å². The molecular formula is C12H16N4S. The van der Waals surface area contributed by atoms with Gasteiger partial charge in [0.05, 0.1) is 6.20 Å². The molecule has 1 aliphatic rings. The first-order valence-electron chi connectivity index (χ1n) is 6.06. The van der Waals surface area contributed by atoms with Gasteiger partial charge in [-0.3, -0.25) is 4.68 Å². The Hall–Kier alpha value is -1.20. The van der Waals surface area contributed by atoms with Crippen molar-refractivity contribution in [3.63, 3.8) is 0 Å². The first kappa shape index (κ1) is 10.9. The maximum Gasteiger partial charge on any atom is 0.126 e. The maximum absolute atomic E-state index is 4.46. The van der Waals surface area contributed by atoms with Crippen molar-refractivity contribution in [2.45, 2.75) is 38.9 Å². The molecule has 5 heteroatoms. The second-order valence-electron chi connectivity index (χ2n) is 4.37. The third kappa shape index (κ3) is 2.56. The van der Waals surface area contributed by atoms with Crippen molar-refractivity contribution in [2.24, 2.45) is 0 Å². The van der Waals surface area contributed by atoms with Crippen LogP contribution < -0.4 is 5.32 Å². The lowest BCUT2D eigenvalue weighted by Crippen LogP contribution is -2.14. The molecule has 4 nitrogen and oxygen atoms in total. The van der Waals surface area contributed by atoms with Gasteiger partial charge in [-0.05, 0) is 19.8 Å². The normalized spacial score (nSPS) is 15.4. The minimum absolute atomic E-state index is 0.753. The number of nitrogens with zero attached hydrogens (tertiary/aromatic N) is 3. The van der Waals surface area contributed by atoms with Crippen LogP contribution in [0.15, 0.2) is 18.6 Å². The van der Waals surface area contributed by atoms with Crippen molar-refractivity contribution in [2.75, 3.05) is 0 Å². The summed E-state index contributed by atoms with van der Waals surface area (Å²) in [5, 5.41) is 8.84. The zero-order valence-electron chi connectivity index (χ0n) is 9.89. The largest absolute Gasteiger partial charge is 0.309 e. The highest BCUT2D eigenvalue weighted by Gasteiger charge is 2.20. The lowest BCUT2D eigenvalue weighted by atomic mass is 10.4. The van der Waals surface area contributed by atoms with Crippen LogP contribution in [0.3, 0.4) is 0 Å². The predicted octanol–water partition coefficient (Wildman–Crippen LogP) is 2.28. The summed E-state index contributed by atoms with van der Waals surface area (Å²) in [5.41, 5.74) is 1.12. The average Bonchev–Trinajstić information content (AvgIpc) is 2.89. The number of thiazole rings is 1. The van der Waals surface area contributed by atoms with E-state index in [0.717, 1.165) is 29.7 Å². The molecular weight excluding hydrogens is 232 g/mol. The fraction of sp³-hybridized carbons (Fsp3) is 0.500. The quantitative estimate of drug-likeness (QED) is 0.882. The lowest BCUT2D eigenvalue weighted by molar-refractivity contribution is 0.660. The highest BCUT2D eigenvalue weighted by Crippen LogP contribution is 2.26. The van der Waals surface area contributed by atoms with E-state index in [0.29, 0.717) is 0 Å². The second kappa shape index (κ2) is 4.58. The predicted molar refractivity (Wildman–Crippen MR) is 68.9 cm³/mol. The Balaban J connectivity index is 1.69. The summed E-state index contributed by atoms with van der Waals surface area (Å²) in [6.07, 6.45) is 8.57. The Morgan fingerprint density at radius 3 is 3.06 bits per heavy atom. The molecule has 2 aromatic heterocycles. The number of hydrogen-bond donors (Lipinski definition) is 1. The summed E-state index contributed by atoms with van der Waals surface area (Å²) in [6, 6.07) is 0.753. The standard InChI is InChI=1S/C12H16N4S/c1-2-16-8-9(5-15-16)12-14-7-11(17-12)6-13-10-3-4-10/h5,7-8,10,13H,2-4,6H2,1H3. The average molecular weight is 248 g/mol. The van der Waals surface area contributed by atoms with Crippen LogP contribution >= 0.6 is 11.3 Å². The highest BCUT2D eigenvalue weighted by atomic mass is 32.1. The van der Waals surface area contributed by atoms with Crippen LogP contribution in [-0.4, -0.2) is 20.8 Å². The summed E-state index contributed by atoms with van der Waals surface area (Å²) in [4.78, 5) is 5.76. The summed E-state index contributed by atoms with van der Waals surface area (Å²) >= 11 is 1.75. The molecule has 1 aliphatic carbocycles. The minimum Gasteiger partial charge on any atom is -0.309 e. The molecule has 3 rings (SSSR count). The van der Waals surface area contributed by atoms with Crippen molar-refractivity contribution in [3.05, 3.63) is 23.5 Å². The highest BCUT2D eigenvalue weighted by molar-refractivity contribution is 7.15. The molecule has 0 aliphatic heterocycles. The lowest BCUT2D eigenvalue weighted by Gasteiger charge is -1.96. The smallest absolute Gasteiger partial charge is 0.126 e. The Labute approximate surface area is 105 Å². The van der Waals surface area contributed by atoms with E-state index < -0.39 is 0 Å². The van der Waals surface area contributed by atoms with Gasteiger partial charge >= 0.3 is 0 Å². The summed E-state index contributed by atoms with van der Waals surface area (Å²) < 4.78 is 1.93. The molecule has 0 atom stereocenters. The summed E-state index contributed by atoms with van der Waals surface area (Å²) in [5.74, 6) is 0. The molecule has 0 radical (unpaired) electrons. The van der Waals surface area contributed by atoms with E-state index >= 15 is 0 Å². The molecule has 17 heavy (non-hydrogen) atoms. The third-order valence-electron chi connectivity index (χ3n) is 2.90. The topological polar surface area (TPSA) is 42.7 Å². The molecule has 0 spiro atoms. The number of nitrogens with one attached hydrogen (secondary N) is 1. The van der Waals surface area contributed by atoms with Crippen LogP contribution in [0.4, 0.5) is 0 Å². The Morgan fingerprint density at radius 2 is 2.35 bits per heavy atom. The fourth-order valence-corrected chi connectivity index (χ4v) is 2.54. The van der Waals surface area contributed by atoms with Gasteiger partial charge in [0, 0.05) is 42.0 Å². The summed E-state index contributed by atoms with van der Waals surface area (Å²) in [7, 11) is 0. The molecule has 2 heterocycles. The van der Waals surface area contributed by atoms with Crippen molar-refractivity contribution in [1.29, 1.82) is 0 Å². The van der Waals surface area contributed by atoms with E-state index in [1.165, 1.54) is 17.7 Å². The minimum atomic E-state index is 0.753. The summed E-state index contributed by atoms with van der Waals surface area (Å²) in [6.45, 7) is 3.94. The van der Waals surface area contributed by atoms with Gasteiger partial charge in [0.25, 0.3) is 0 Å². The Bertz CT molecular complexity index is 498. The SMILES string of the molecule is CCn1cc(-c2ncc(CNC3CC3)s2)cn1. The molecule has 1 N–H and O–H groups in total. The zero-order valence-corrected chi connectivity index (χ0v) is 10.7. The van der Waals surface area contributed by atoms with Crippen LogP contribution in [0.1, 0.15) is 24.6 Å². The Kier molecular flexibility index (Phi) is 2.94. The van der Waals surface area contributed by atoms with E-state index in [1.54, 1.807) is 11.3 Å². The molecule has 0 unspecified atom stereocenters. The van der Waals surface area contributed by atoms with Gasteiger partial charge in [-0.2, -0.15) is 5.10 Å². The van der Waals surface area contributed by atoms with Crippen LogP contribution in [0.25, 0.3) is 10.6 Å².